The fourth-order valence-electron chi connectivity index (χ4n) is 5.22. The first-order valence-corrected chi connectivity index (χ1v) is 13.1. The third-order valence-corrected chi connectivity index (χ3v) is 6.99. The number of rotatable bonds is 12. The summed E-state index contributed by atoms with van der Waals surface area (Å²) in [6, 6.07) is 0. The van der Waals surface area contributed by atoms with Crippen molar-refractivity contribution in [1.29, 1.82) is 0 Å². The first-order valence-electron chi connectivity index (χ1n) is 13.1. The number of aryl methyl sites for hydroxylation is 1. The SMILES string of the molecule is CCCCCCn1c(=O)c2c(ncn2[C@@H]2O[C@H](CO)[C@H]3OC(C)(C)O[C@H]32)n(CCCCCC)c1=O. The van der Waals surface area contributed by atoms with E-state index in [9.17, 15) is 14.7 Å². The number of hydrogen-bond donors (Lipinski definition) is 1. The molecule has 1 N–H and O–H groups in total. The van der Waals surface area contributed by atoms with Gasteiger partial charge in [-0.15, -0.1) is 0 Å². The zero-order valence-corrected chi connectivity index (χ0v) is 21.4. The lowest BCUT2D eigenvalue weighted by molar-refractivity contribution is -0.199. The molecular weight excluding hydrogens is 452 g/mol. The molecule has 0 aromatic carbocycles. The maximum absolute atomic E-state index is 13.7. The first-order chi connectivity index (χ1) is 16.8. The van der Waals surface area contributed by atoms with Crippen LogP contribution >= 0.6 is 0 Å². The Morgan fingerprint density at radius 3 is 2.20 bits per heavy atom. The molecule has 0 spiro atoms. The number of aromatic nitrogens is 4. The normalized spacial score (nSPS) is 25.5. The lowest BCUT2D eigenvalue weighted by Gasteiger charge is -2.24. The van der Waals surface area contributed by atoms with Crippen molar-refractivity contribution >= 4 is 11.2 Å². The van der Waals surface area contributed by atoms with Crippen LogP contribution in [0.3, 0.4) is 0 Å². The van der Waals surface area contributed by atoms with E-state index in [4.69, 9.17) is 14.2 Å². The third kappa shape index (κ3) is 5.12. The summed E-state index contributed by atoms with van der Waals surface area (Å²) in [5.74, 6) is -0.831. The van der Waals surface area contributed by atoms with Gasteiger partial charge in [-0.05, 0) is 26.7 Å². The van der Waals surface area contributed by atoms with Gasteiger partial charge in [0.05, 0.1) is 12.9 Å². The summed E-state index contributed by atoms with van der Waals surface area (Å²) in [4.78, 5) is 31.6. The summed E-state index contributed by atoms with van der Waals surface area (Å²) in [5, 5.41) is 9.88. The van der Waals surface area contributed by atoms with Gasteiger partial charge in [-0.3, -0.25) is 18.5 Å². The lowest BCUT2D eigenvalue weighted by Crippen LogP contribution is -2.41. The van der Waals surface area contributed by atoms with Crippen molar-refractivity contribution in [1.82, 2.24) is 18.7 Å². The fourth-order valence-corrected chi connectivity index (χ4v) is 5.22. The van der Waals surface area contributed by atoms with E-state index in [1.165, 1.54) is 4.57 Å². The zero-order chi connectivity index (χ0) is 25.2. The Bertz CT molecular complexity index is 1120. The summed E-state index contributed by atoms with van der Waals surface area (Å²) in [5.41, 5.74) is 0.0219. The molecule has 0 saturated carbocycles. The lowest BCUT2D eigenvalue weighted by atomic mass is 10.1. The van der Waals surface area contributed by atoms with Gasteiger partial charge in [0, 0.05) is 13.1 Å². The van der Waals surface area contributed by atoms with Crippen LogP contribution in [-0.4, -0.2) is 54.5 Å². The summed E-state index contributed by atoms with van der Waals surface area (Å²) >= 11 is 0. The van der Waals surface area contributed by atoms with Gasteiger partial charge in [0.1, 0.15) is 18.3 Å². The molecule has 2 aromatic rings. The van der Waals surface area contributed by atoms with Gasteiger partial charge in [-0.25, -0.2) is 9.78 Å². The van der Waals surface area contributed by atoms with Crippen LogP contribution in [0.25, 0.3) is 11.2 Å². The van der Waals surface area contributed by atoms with Gasteiger partial charge >= 0.3 is 5.69 Å². The second kappa shape index (κ2) is 10.9. The van der Waals surface area contributed by atoms with Crippen LogP contribution in [0.1, 0.15) is 85.3 Å². The van der Waals surface area contributed by atoms with E-state index in [0.717, 1.165) is 51.4 Å². The van der Waals surface area contributed by atoms with E-state index in [0.29, 0.717) is 24.3 Å². The molecule has 10 nitrogen and oxygen atoms in total. The van der Waals surface area contributed by atoms with E-state index >= 15 is 0 Å². The highest BCUT2D eigenvalue weighted by molar-refractivity contribution is 5.70. The number of ether oxygens (including phenoxy) is 3. The number of nitrogens with zero attached hydrogens (tertiary/aromatic N) is 4. The minimum absolute atomic E-state index is 0.229. The Labute approximate surface area is 205 Å². The van der Waals surface area contributed by atoms with Crippen LogP contribution in [0, 0.1) is 0 Å². The molecule has 2 fully saturated rings. The van der Waals surface area contributed by atoms with Crippen molar-refractivity contribution in [3.8, 4) is 0 Å². The Balaban J connectivity index is 1.76. The molecule has 4 rings (SSSR count). The molecular formula is C25H40N4O6. The number of aliphatic hydroxyl groups is 1. The van der Waals surface area contributed by atoms with Crippen molar-refractivity contribution in [2.75, 3.05) is 6.61 Å². The topological polar surface area (TPSA) is 110 Å². The Morgan fingerprint density at radius 1 is 0.943 bits per heavy atom. The predicted molar refractivity (Wildman–Crippen MR) is 131 cm³/mol. The standard InChI is InChI=1S/C25H40N4O6/c1-5-7-9-11-13-27-21-18(22(31)28(24(27)32)14-12-10-8-6-2)29(16-26-21)23-20-19(17(15-30)33-23)34-25(3,4)35-20/h16-17,19-20,23,30H,5-15H2,1-4H3/t17-,19-,20-,23-/m1/s1. The van der Waals surface area contributed by atoms with Gasteiger partial charge < -0.3 is 19.3 Å². The summed E-state index contributed by atoms with van der Waals surface area (Å²) < 4.78 is 22.9. The van der Waals surface area contributed by atoms with Gasteiger partial charge in [0.15, 0.2) is 23.2 Å². The van der Waals surface area contributed by atoms with Crippen LogP contribution < -0.4 is 11.2 Å². The quantitative estimate of drug-likeness (QED) is 0.454. The highest BCUT2D eigenvalue weighted by Crippen LogP contribution is 2.43. The molecule has 4 atom stereocenters. The molecule has 0 radical (unpaired) electrons. The smallest absolute Gasteiger partial charge is 0.332 e. The second-order valence-electron chi connectivity index (χ2n) is 10.1. The van der Waals surface area contributed by atoms with E-state index in [1.807, 2.05) is 13.8 Å². The molecule has 0 aliphatic carbocycles. The molecule has 2 saturated heterocycles. The van der Waals surface area contributed by atoms with E-state index < -0.39 is 30.3 Å². The Kier molecular flexibility index (Phi) is 8.15. The molecule has 0 amide bonds. The van der Waals surface area contributed by atoms with E-state index in [-0.39, 0.29) is 17.9 Å². The maximum atomic E-state index is 13.7. The molecule has 2 aliphatic rings. The van der Waals surface area contributed by atoms with Gasteiger partial charge in [-0.1, -0.05) is 52.4 Å². The van der Waals surface area contributed by atoms with Gasteiger partial charge in [-0.2, -0.15) is 0 Å². The average Bonchev–Trinajstić information content (AvgIpc) is 3.48. The highest BCUT2D eigenvalue weighted by Gasteiger charge is 2.56. The number of aliphatic hydroxyl groups excluding tert-OH is 1. The second-order valence-corrected chi connectivity index (χ2v) is 10.1. The van der Waals surface area contributed by atoms with Gasteiger partial charge in [0.2, 0.25) is 0 Å². The van der Waals surface area contributed by atoms with Crippen molar-refractivity contribution in [2.24, 2.45) is 0 Å². The molecule has 0 unspecified atom stereocenters. The minimum Gasteiger partial charge on any atom is -0.394 e. The Hall–Kier alpha value is -2.01. The maximum Gasteiger partial charge on any atom is 0.332 e. The van der Waals surface area contributed by atoms with Crippen molar-refractivity contribution in [3.63, 3.8) is 0 Å². The monoisotopic (exact) mass is 492 g/mol. The number of fused-ring (bicyclic) bond motifs is 2. The van der Waals surface area contributed by atoms with Crippen molar-refractivity contribution in [2.45, 2.75) is 122 Å². The van der Waals surface area contributed by atoms with Crippen LogP contribution in [0.15, 0.2) is 15.9 Å². The molecule has 2 aromatic heterocycles. The largest absolute Gasteiger partial charge is 0.394 e. The van der Waals surface area contributed by atoms with E-state index in [2.05, 4.69) is 18.8 Å². The first kappa shape index (κ1) is 26.1. The molecule has 35 heavy (non-hydrogen) atoms. The molecule has 0 bridgehead atoms. The molecule has 4 heterocycles. The van der Waals surface area contributed by atoms with Crippen LogP contribution in [0.4, 0.5) is 0 Å². The summed E-state index contributed by atoms with van der Waals surface area (Å²) in [7, 11) is 0. The minimum atomic E-state index is -0.831. The van der Waals surface area contributed by atoms with Gasteiger partial charge in [0.25, 0.3) is 5.56 Å². The summed E-state index contributed by atoms with van der Waals surface area (Å²) in [6.45, 7) is 8.56. The average molecular weight is 493 g/mol. The summed E-state index contributed by atoms with van der Waals surface area (Å²) in [6.07, 6.45) is 7.20. The van der Waals surface area contributed by atoms with Crippen LogP contribution in [-0.2, 0) is 27.3 Å². The van der Waals surface area contributed by atoms with Crippen LogP contribution in [0.2, 0.25) is 0 Å². The predicted octanol–water partition coefficient (Wildman–Crippen LogP) is 2.93. The number of unbranched alkanes of at least 4 members (excludes halogenated alkanes) is 6. The van der Waals surface area contributed by atoms with Crippen molar-refractivity contribution < 1.29 is 19.3 Å². The molecule has 196 valence electrons. The number of hydrogen-bond acceptors (Lipinski definition) is 7. The third-order valence-electron chi connectivity index (χ3n) is 6.99. The number of imidazole rings is 1. The van der Waals surface area contributed by atoms with Crippen LogP contribution in [0.5, 0.6) is 0 Å². The zero-order valence-electron chi connectivity index (χ0n) is 21.4. The Morgan fingerprint density at radius 2 is 1.57 bits per heavy atom. The van der Waals surface area contributed by atoms with E-state index in [1.54, 1.807) is 15.5 Å². The fraction of sp³-hybridized carbons (Fsp3) is 0.800. The van der Waals surface area contributed by atoms with Crippen molar-refractivity contribution in [3.05, 3.63) is 27.2 Å². The molecule has 2 aliphatic heterocycles. The molecule has 10 heteroatoms. The highest BCUT2D eigenvalue weighted by atomic mass is 16.8.